The Morgan fingerprint density at radius 1 is 1.21 bits per heavy atom. The standard InChI is InChI=1S/C19H31N3O.HI/c1-3-23-15-13-19(11-12-19)16-22-18(20-2)21-14-7-10-17-8-5-4-6-9-17;/h4-6,8-9H,3,7,10-16H2,1-2H3,(H2,20,21,22);1H. The van der Waals surface area contributed by atoms with Crippen molar-refractivity contribution < 1.29 is 4.74 Å². The molecule has 0 spiro atoms. The van der Waals surface area contributed by atoms with Crippen molar-refractivity contribution in [3.05, 3.63) is 35.9 Å². The molecule has 0 aliphatic heterocycles. The van der Waals surface area contributed by atoms with Crippen LogP contribution in [0.25, 0.3) is 0 Å². The molecule has 2 N–H and O–H groups in total. The Hall–Kier alpha value is -0.820. The van der Waals surface area contributed by atoms with Crippen LogP contribution in [0.2, 0.25) is 0 Å². The van der Waals surface area contributed by atoms with E-state index in [4.69, 9.17) is 4.74 Å². The molecule has 1 aromatic carbocycles. The van der Waals surface area contributed by atoms with Crippen LogP contribution in [0, 0.1) is 5.41 Å². The van der Waals surface area contributed by atoms with Crippen LogP contribution in [-0.4, -0.2) is 39.3 Å². The number of nitrogens with one attached hydrogen (secondary N) is 2. The van der Waals surface area contributed by atoms with Gasteiger partial charge in [-0.3, -0.25) is 4.99 Å². The average Bonchev–Trinajstić information content (AvgIpc) is 3.36. The Labute approximate surface area is 163 Å². The Balaban J connectivity index is 0.00000288. The molecule has 1 fully saturated rings. The van der Waals surface area contributed by atoms with Gasteiger partial charge in [-0.1, -0.05) is 30.3 Å². The van der Waals surface area contributed by atoms with Gasteiger partial charge in [-0.2, -0.15) is 0 Å². The molecular weight excluding hydrogens is 413 g/mol. The minimum atomic E-state index is 0. The van der Waals surface area contributed by atoms with E-state index >= 15 is 0 Å². The van der Waals surface area contributed by atoms with Gasteiger partial charge in [-0.25, -0.2) is 0 Å². The molecule has 4 nitrogen and oxygen atoms in total. The summed E-state index contributed by atoms with van der Waals surface area (Å²) in [7, 11) is 1.84. The maximum absolute atomic E-state index is 5.49. The first-order chi connectivity index (χ1) is 11.3. The summed E-state index contributed by atoms with van der Waals surface area (Å²) in [6.45, 7) is 5.69. The first-order valence-corrected chi connectivity index (χ1v) is 8.84. The van der Waals surface area contributed by atoms with Crippen LogP contribution in [0.15, 0.2) is 35.3 Å². The second-order valence-electron chi connectivity index (χ2n) is 6.39. The molecule has 1 aromatic rings. The third kappa shape index (κ3) is 7.83. The molecule has 1 aliphatic rings. The highest BCUT2D eigenvalue weighted by Crippen LogP contribution is 2.48. The van der Waals surface area contributed by atoms with Crippen molar-refractivity contribution in [3.63, 3.8) is 0 Å². The van der Waals surface area contributed by atoms with E-state index < -0.39 is 0 Å². The highest BCUT2D eigenvalue weighted by atomic mass is 127. The minimum absolute atomic E-state index is 0. The Morgan fingerprint density at radius 2 is 1.96 bits per heavy atom. The normalized spacial score (nSPS) is 15.5. The number of aryl methyl sites for hydroxylation is 1. The fourth-order valence-corrected chi connectivity index (χ4v) is 2.76. The summed E-state index contributed by atoms with van der Waals surface area (Å²) in [4.78, 5) is 4.32. The molecule has 0 atom stereocenters. The molecule has 1 aliphatic carbocycles. The van der Waals surface area contributed by atoms with Gasteiger partial charge >= 0.3 is 0 Å². The summed E-state index contributed by atoms with van der Waals surface area (Å²) in [5.41, 5.74) is 1.83. The summed E-state index contributed by atoms with van der Waals surface area (Å²) < 4.78 is 5.49. The lowest BCUT2D eigenvalue weighted by Gasteiger charge is -2.18. The number of aliphatic imine (C=N–C) groups is 1. The number of guanidine groups is 1. The van der Waals surface area contributed by atoms with Gasteiger partial charge in [0.25, 0.3) is 0 Å². The Morgan fingerprint density at radius 3 is 2.58 bits per heavy atom. The van der Waals surface area contributed by atoms with Crippen molar-refractivity contribution >= 4 is 29.9 Å². The molecular formula is C19H32IN3O. The lowest BCUT2D eigenvalue weighted by atomic mass is 10.0. The van der Waals surface area contributed by atoms with E-state index in [2.05, 4.69) is 52.9 Å². The van der Waals surface area contributed by atoms with Crippen LogP contribution < -0.4 is 10.6 Å². The molecule has 0 aromatic heterocycles. The number of benzene rings is 1. The van der Waals surface area contributed by atoms with Gasteiger partial charge in [0, 0.05) is 33.4 Å². The zero-order valence-electron chi connectivity index (χ0n) is 15.0. The molecule has 0 amide bonds. The predicted molar refractivity (Wildman–Crippen MR) is 112 cm³/mol. The summed E-state index contributed by atoms with van der Waals surface area (Å²) >= 11 is 0. The van der Waals surface area contributed by atoms with Crippen LogP contribution in [0.1, 0.15) is 38.2 Å². The van der Waals surface area contributed by atoms with Crippen molar-refractivity contribution in [1.29, 1.82) is 0 Å². The maximum Gasteiger partial charge on any atom is 0.190 e. The number of rotatable bonds is 10. The van der Waals surface area contributed by atoms with E-state index in [0.29, 0.717) is 5.41 Å². The van der Waals surface area contributed by atoms with Gasteiger partial charge < -0.3 is 15.4 Å². The first-order valence-electron chi connectivity index (χ1n) is 8.84. The minimum Gasteiger partial charge on any atom is -0.382 e. The molecule has 136 valence electrons. The smallest absolute Gasteiger partial charge is 0.190 e. The van der Waals surface area contributed by atoms with E-state index in [-0.39, 0.29) is 24.0 Å². The van der Waals surface area contributed by atoms with Crippen molar-refractivity contribution in [1.82, 2.24) is 10.6 Å². The van der Waals surface area contributed by atoms with Gasteiger partial charge in [0.1, 0.15) is 0 Å². The Bertz CT molecular complexity index is 475. The molecule has 5 heteroatoms. The third-order valence-corrected chi connectivity index (χ3v) is 4.57. The topological polar surface area (TPSA) is 45.6 Å². The molecule has 2 rings (SSSR count). The Kier molecular flexibility index (Phi) is 10.3. The molecule has 0 bridgehead atoms. The molecule has 0 unspecified atom stereocenters. The number of hydrogen-bond donors (Lipinski definition) is 2. The monoisotopic (exact) mass is 445 g/mol. The van der Waals surface area contributed by atoms with Crippen molar-refractivity contribution in [2.75, 3.05) is 33.4 Å². The van der Waals surface area contributed by atoms with E-state index in [1.165, 1.54) is 18.4 Å². The zero-order valence-corrected chi connectivity index (χ0v) is 17.3. The highest BCUT2D eigenvalue weighted by molar-refractivity contribution is 14.0. The second-order valence-corrected chi connectivity index (χ2v) is 6.39. The fourth-order valence-electron chi connectivity index (χ4n) is 2.76. The van der Waals surface area contributed by atoms with Crippen molar-refractivity contribution in [2.45, 2.75) is 39.0 Å². The van der Waals surface area contributed by atoms with Gasteiger partial charge in [-0.15, -0.1) is 24.0 Å². The fraction of sp³-hybridized carbons (Fsp3) is 0.632. The van der Waals surface area contributed by atoms with Crippen LogP contribution in [-0.2, 0) is 11.2 Å². The van der Waals surface area contributed by atoms with Crippen LogP contribution in [0.5, 0.6) is 0 Å². The van der Waals surface area contributed by atoms with Crippen LogP contribution in [0.3, 0.4) is 0 Å². The van der Waals surface area contributed by atoms with Gasteiger partial charge in [0.05, 0.1) is 0 Å². The van der Waals surface area contributed by atoms with E-state index in [1.807, 2.05) is 7.05 Å². The molecule has 1 saturated carbocycles. The second kappa shape index (κ2) is 11.7. The summed E-state index contributed by atoms with van der Waals surface area (Å²) in [6, 6.07) is 10.6. The zero-order chi connectivity index (χ0) is 16.4. The lowest BCUT2D eigenvalue weighted by Crippen LogP contribution is -2.41. The molecule has 0 radical (unpaired) electrons. The number of ether oxygens (including phenoxy) is 1. The van der Waals surface area contributed by atoms with E-state index in [0.717, 1.165) is 51.5 Å². The van der Waals surface area contributed by atoms with Crippen molar-refractivity contribution in [2.24, 2.45) is 10.4 Å². The number of nitrogens with zero attached hydrogens (tertiary/aromatic N) is 1. The predicted octanol–water partition coefficient (Wildman–Crippen LogP) is 3.61. The number of hydrogen-bond acceptors (Lipinski definition) is 2. The number of halogens is 1. The van der Waals surface area contributed by atoms with E-state index in [9.17, 15) is 0 Å². The summed E-state index contributed by atoms with van der Waals surface area (Å²) in [6.07, 6.45) is 5.97. The molecule has 0 heterocycles. The highest BCUT2D eigenvalue weighted by Gasteiger charge is 2.41. The van der Waals surface area contributed by atoms with Gasteiger partial charge in [0.15, 0.2) is 5.96 Å². The van der Waals surface area contributed by atoms with Crippen LogP contribution in [0.4, 0.5) is 0 Å². The van der Waals surface area contributed by atoms with Crippen LogP contribution >= 0.6 is 24.0 Å². The average molecular weight is 445 g/mol. The van der Waals surface area contributed by atoms with Gasteiger partial charge in [-0.05, 0) is 50.0 Å². The molecule has 0 saturated heterocycles. The maximum atomic E-state index is 5.49. The van der Waals surface area contributed by atoms with Gasteiger partial charge in [0.2, 0.25) is 0 Å². The van der Waals surface area contributed by atoms with E-state index in [1.54, 1.807) is 0 Å². The largest absolute Gasteiger partial charge is 0.382 e. The SMILES string of the molecule is CCOCCC1(CNC(=NC)NCCCc2ccccc2)CC1.I. The summed E-state index contributed by atoms with van der Waals surface area (Å²) in [5, 5.41) is 6.90. The third-order valence-electron chi connectivity index (χ3n) is 4.57. The first kappa shape index (κ1) is 21.2. The summed E-state index contributed by atoms with van der Waals surface area (Å²) in [5.74, 6) is 0.917. The quantitative estimate of drug-likeness (QED) is 0.250. The molecule has 24 heavy (non-hydrogen) atoms. The van der Waals surface area contributed by atoms with Crippen molar-refractivity contribution in [3.8, 4) is 0 Å². The lowest BCUT2D eigenvalue weighted by molar-refractivity contribution is 0.128.